The maximum absolute atomic E-state index is 12.4. The summed E-state index contributed by atoms with van der Waals surface area (Å²) in [6, 6.07) is 9.71. The van der Waals surface area contributed by atoms with E-state index in [9.17, 15) is 14.9 Å². The van der Waals surface area contributed by atoms with Crippen molar-refractivity contribution in [2.45, 2.75) is 13.3 Å². The molecule has 1 amide bonds. The first kappa shape index (κ1) is 16.4. The molecule has 3 aromatic rings. The normalized spacial score (nSPS) is 10.8. The molecule has 0 saturated heterocycles. The summed E-state index contributed by atoms with van der Waals surface area (Å²) in [4.78, 5) is 27.3. The molecule has 8 heteroatoms. The van der Waals surface area contributed by atoms with Crippen molar-refractivity contribution in [2.24, 2.45) is 0 Å². The van der Waals surface area contributed by atoms with E-state index >= 15 is 0 Å². The van der Waals surface area contributed by atoms with Crippen LogP contribution in [0.2, 0.25) is 5.02 Å². The van der Waals surface area contributed by atoms with Crippen molar-refractivity contribution >= 4 is 49.9 Å². The molecule has 122 valence electrons. The topological polar surface area (TPSA) is 85.1 Å². The van der Waals surface area contributed by atoms with Crippen LogP contribution < -0.4 is 5.32 Å². The van der Waals surface area contributed by atoms with Gasteiger partial charge in [0.25, 0.3) is 11.6 Å². The second-order valence-corrected chi connectivity index (χ2v) is 6.48. The summed E-state index contributed by atoms with van der Waals surface area (Å²) in [6.07, 6.45) is 0.828. The van der Waals surface area contributed by atoms with Crippen molar-refractivity contribution in [3.63, 3.8) is 0 Å². The first-order valence-corrected chi connectivity index (χ1v) is 8.32. The van der Waals surface area contributed by atoms with Crippen molar-refractivity contribution in [1.29, 1.82) is 0 Å². The summed E-state index contributed by atoms with van der Waals surface area (Å²) < 4.78 is 0.949. The maximum Gasteiger partial charge on any atom is 0.282 e. The lowest BCUT2D eigenvalue weighted by Gasteiger charge is -2.03. The molecule has 0 aliphatic carbocycles. The van der Waals surface area contributed by atoms with Gasteiger partial charge in [0, 0.05) is 11.1 Å². The van der Waals surface area contributed by atoms with E-state index in [4.69, 9.17) is 11.6 Å². The van der Waals surface area contributed by atoms with Crippen molar-refractivity contribution in [3.8, 4) is 0 Å². The van der Waals surface area contributed by atoms with E-state index in [2.05, 4.69) is 10.3 Å². The molecule has 1 aromatic heterocycles. The molecule has 0 aliphatic heterocycles. The van der Waals surface area contributed by atoms with Gasteiger partial charge in [0.15, 0.2) is 5.13 Å². The number of nitrogens with zero attached hydrogens (tertiary/aromatic N) is 2. The molecular formula is C16H12ClN3O3S. The molecule has 0 bridgehead atoms. The van der Waals surface area contributed by atoms with Crippen LogP contribution in [-0.2, 0) is 6.42 Å². The lowest BCUT2D eigenvalue weighted by Crippen LogP contribution is -2.13. The van der Waals surface area contributed by atoms with Gasteiger partial charge < -0.3 is 0 Å². The predicted octanol–water partition coefficient (Wildman–Crippen LogP) is 4.67. The molecule has 6 nitrogen and oxygen atoms in total. The van der Waals surface area contributed by atoms with Crippen LogP contribution in [0.1, 0.15) is 22.8 Å². The van der Waals surface area contributed by atoms with Gasteiger partial charge in [0.05, 0.1) is 15.1 Å². The molecule has 0 radical (unpaired) electrons. The van der Waals surface area contributed by atoms with Crippen LogP contribution in [0, 0.1) is 10.1 Å². The lowest BCUT2D eigenvalue weighted by atomic mass is 10.1. The Morgan fingerprint density at radius 2 is 2.17 bits per heavy atom. The van der Waals surface area contributed by atoms with Gasteiger partial charge in [-0.3, -0.25) is 20.2 Å². The van der Waals surface area contributed by atoms with E-state index in [1.165, 1.54) is 29.5 Å². The number of nitro benzene ring substituents is 1. The van der Waals surface area contributed by atoms with E-state index in [1.807, 2.05) is 25.1 Å². The molecule has 0 fully saturated rings. The minimum absolute atomic E-state index is 0.0949. The summed E-state index contributed by atoms with van der Waals surface area (Å²) in [5.41, 5.74) is 1.52. The number of nitrogens with one attached hydrogen (secondary N) is 1. The Morgan fingerprint density at radius 1 is 1.38 bits per heavy atom. The Hall–Kier alpha value is -2.51. The van der Waals surface area contributed by atoms with Gasteiger partial charge in [-0.15, -0.1) is 0 Å². The van der Waals surface area contributed by atoms with E-state index in [-0.39, 0.29) is 16.3 Å². The molecular weight excluding hydrogens is 350 g/mol. The number of thiazole rings is 1. The number of aromatic nitrogens is 1. The number of benzene rings is 2. The number of hydrogen-bond acceptors (Lipinski definition) is 5. The highest BCUT2D eigenvalue weighted by Crippen LogP contribution is 2.30. The zero-order valence-corrected chi connectivity index (χ0v) is 14.1. The maximum atomic E-state index is 12.4. The van der Waals surface area contributed by atoms with Crippen LogP contribution in [0.15, 0.2) is 36.4 Å². The number of para-hydroxylation sites is 1. The van der Waals surface area contributed by atoms with Crippen molar-refractivity contribution in [1.82, 2.24) is 4.98 Å². The molecule has 0 saturated carbocycles. The van der Waals surface area contributed by atoms with Gasteiger partial charge in [-0.1, -0.05) is 42.0 Å². The minimum atomic E-state index is -0.612. The Labute approximate surface area is 146 Å². The number of aryl methyl sites for hydroxylation is 1. The number of halogens is 1. The Morgan fingerprint density at radius 3 is 2.88 bits per heavy atom. The van der Waals surface area contributed by atoms with Crippen molar-refractivity contribution in [3.05, 3.63) is 62.7 Å². The van der Waals surface area contributed by atoms with E-state index in [0.29, 0.717) is 5.13 Å². The predicted molar refractivity (Wildman–Crippen MR) is 95.1 cm³/mol. The summed E-state index contributed by atoms with van der Waals surface area (Å²) >= 11 is 7.18. The fourth-order valence-electron chi connectivity index (χ4n) is 2.36. The third-order valence-corrected chi connectivity index (χ3v) is 4.67. The minimum Gasteiger partial charge on any atom is -0.298 e. The molecule has 3 rings (SSSR count). The van der Waals surface area contributed by atoms with Crippen molar-refractivity contribution < 1.29 is 9.72 Å². The average molecular weight is 362 g/mol. The van der Waals surface area contributed by atoms with Crippen LogP contribution in [0.5, 0.6) is 0 Å². The SMILES string of the molecule is CCc1cccc2sc(NC(=O)c3cc(Cl)ccc3[N+](=O)[O-])nc12. The zero-order valence-electron chi connectivity index (χ0n) is 12.6. The van der Waals surface area contributed by atoms with Crippen LogP contribution in [0.4, 0.5) is 10.8 Å². The van der Waals surface area contributed by atoms with Gasteiger partial charge in [-0.05, 0) is 30.2 Å². The Kier molecular flexibility index (Phi) is 4.46. The second-order valence-electron chi connectivity index (χ2n) is 5.01. The van der Waals surface area contributed by atoms with Crippen LogP contribution in [0.3, 0.4) is 0 Å². The number of carbonyl (C=O) groups is 1. The van der Waals surface area contributed by atoms with Gasteiger partial charge in [0.2, 0.25) is 0 Å². The Balaban J connectivity index is 1.96. The molecule has 0 aliphatic rings. The molecule has 24 heavy (non-hydrogen) atoms. The largest absolute Gasteiger partial charge is 0.298 e. The fourth-order valence-corrected chi connectivity index (χ4v) is 3.44. The zero-order chi connectivity index (χ0) is 17.3. The summed E-state index contributed by atoms with van der Waals surface area (Å²) in [5.74, 6) is -0.610. The van der Waals surface area contributed by atoms with Crippen LogP contribution in [0.25, 0.3) is 10.2 Å². The highest BCUT2D eigenvalue weighted by molar-refractivity contribution is 7.22. The van der Waals surface area contributed by atoms with Gasteiger partial charge in [0.1, 0.15) is 5.56 Å². The number of anilines is 1. The van der Waals surface area contributed by atoms with Crippen LogP contribution >= 0.6 is 22.9 Å². The quantitative estimate of drug-likeness (QED) is 0.540. The lowest BCUT2D eigenvalue weighted by molar-refractivity contribution is -0.385. The number of nitro groups is 1. The molecule has 2 aromatic carbocycles. The average Bonchev–Trinajstić information content (AvgIpc) is 2.96. The van der Waals surface area contributed by atoms with Gasteiger partial charge >= 0.3 is 0 Å². The standard InChI is InChI=1S/C16H12ClN3O3S/c1-2-9-4-3-5-13-14(9)18-16(24-13)19-15(21)11-8-10(17)6-7-12(11)20(22)23/h3-8H,2H2,1H3,(H,18,19,21). The number of rotatable bonds is 4. The van der Waals surface area contributed by atoms with E-state index in [0.717, 1.165) is 22.2 Å². The number of amides is 1. The number of hydrogen-bond donors (Lipinski definition) is 1. The molecule has 1 N–H and O–H groups in total. The molecule has 1 heterocycles. The van der Waals surface area contributed by atoms with E-state index in [1.54, 1.807) is 0 Å². The van der Waals surface area contributed by atoms with Gasteiger partial charge in [-0.25, -0.2) is 4.98 Å². The third kappa shape index (κ3) is 3.08. The van der Waals surface area contributed by atoms with E-state index < -0.39 is 10.8 Å². The first-order valence-electron chi connectivity index (χ1n) is 7.13. The fraction of sp³-hybridized carbons (Fsp3) is 0.125. The summed E-state index contributed by atoms with van der Waals surface area (Å²) in [7, 11) is 0. The number of carbonyl (C=O) groups excluding carboxylic acids is 1. The molecule has 0 unspecified atom stereocenters. The Bertz CT molecular complexity index is 955. The summed E-state index contributed by atoms with van der Waals surface area (Å²) in [5, 5.41) is 14.4. The summed E-state index contributed by atoms with van der Waals surface area (Å²) in [6.45, 7) is 2.03. The van der Waals surface area contributed by atoms with Gasteiger partial charge in [-0.2, -0.15) is 0 Å². The third-order valence-electron chi connectivity index (χ3n) is 3.50. The highest BCUT2D eigenvalue weighted by atomic mass is 35.5. The molecule has 0 spiro atoms. The monoisotopic (exact) mass is 361 g/mol. The van der Waals surface area contributed by atoms with Crippen LogP contribution in [-0.4, -0.2) is 15.8 Å². The smallest absolute Gasteiger partial charge is 0.282 e. The molecule has 0 atom stereocenters. The van der Waals surface area contributed by atoms with Crippen molar-refractivity contribution in [2.75, 3.05) is 5.32 Å². The first-order chi connectivity index (χ1) is 11.5. The number of fused-ring (bicyclic) bond motifs is 1. The second kappa shape index (κ2) is 6.54. The highest BCUT2D eigenvalue weighted by Gasteiger charge is 2.21.